The van der Waals surface area contributed by atoms with Crippen molar-refractivity contribution in [3.63, 3.8) is 0 Å². The van der Waals surface area contributed by atoms with Gasteiger partial charge in [0.1, 0.15) is 24.2 Å². The molecule has 0 aliphatic carbocycles. The van der Waals surface area contributed by atoms with Crippen LogP contribution in [0, 0.1) is 22.7 Å². The molecule has 0 radical (unpaired) electrons. The Labute approximate surface area is 176 Å². The Morgan fingerprint density at radius 2 is 1.43 bits per heavy atom. The van der Waals surface area contributed by atoms with Crippen molar-refractivity contribution in [3.05, 3.63) is 19.6 Å². The number of carbonyl (C=O) groups is 1. The highest BCUT2D eigenvalue weighted by Crippen LogP contribution is 2.67. The lowest BCUT2D eigenvalue weighted by Crippen LogP contribution is -2.03. The van der Waals surface area contributed by atoms with E-state index in [1.165, 1.54) is 14.2 Å². The number of aromatic hydroxyl groups is 2. The van der Waals surface area contributed by atoms with Gasteiger partial charge >= 0.3 is 5.97 Å². The molecule has 12 heteroatoms. The minimum Gasteiger partial charge on any atom is -0.505 e. The fraction of sp³-hybridized carbons (Fsp3) is 0.188. The first kappa shape index (κ1) is 20.8. The molecule has 0 bridgehead atoms. The summed E-state index contributed by atoms with van der Waals surface area (Å²) in [6.45, 7) is -0.0708. The van der Waals surface area contributed by atoms with Crippen molar-refractivity contribution in [2.75, 3.05) is 20.8 Å². The van der Waals surface area contributed by atoms with Gasteiger partial charge in [-0.25, -0.2) is 14.6 Å². The second-order valence-corrected chi connectivity index (χ2v) is 9.59. The van der Waals surface area contributed by atoms with Gasteiger partial charge in [-0.05, 0) is 0 Å². The second-order valence-electron chi connectivity index (χ2n) is 4.99. The Morgan fingerprint density at radius 1 is 0.929 bits per heavy atom. The largest absolute Gasteiger partial charge is 0.505 e. The monoisotopic (exact) mass is 454 g/mol. The van der Waals surface area contributed by atoms with E-state index >= 15 is 0 Å². The predicted octanol–water partition coefficient (Wildman–Crippen LogP) is 3.71. The fourth-order valence-electron chi connectivity index (χ4n) is 2.18. The van der Waals surface area contributed by atoms with Crippen LogP contribution < -0.4 is 0 Å². The van der Waals surface area contributed by atoms with E-state index in [9.17, 15) is 25.5 Å². The Balaban J connectivity index is 2.03. The van der Waals surface area contributed by atoms with E-state index in [0.29, 0.717) is 33.6 Å². The van der Waals surface area contributed by atoms with Gasteiger partial charge in [0.15, 0.2) is 5.57 Å². The number of esters is 1. The average molecular weight is 455 g/mol. The van der Waals surface area contributed by atoms with Crippen molar-refractivity contribution in [2.45, 2.75) is 19.6 Å². The highest BCUT2D eigenvalue weighted by Gasteiger charge is 2.37. The summed E-state index contributed by atoms with van der Waals surface area (Å²) in [5.74, 6) is -0.965. The van der Waals surface area contributed by atoms with Gasteiger partial charge in [0.25, 0.3) is 0 Å². The summed E-state index contributed by atoms with van der Waals surface area (Å²) in [6, 6.07) is 3.82. The van der Waals surface area contributed by atoms with Gasteiger partial charge in [0.05, 0.1) is 53.9 Å². The number of hydrogen-bond acceptors (Lipinski definition) is 12. The lowest BCUT2D eigenvalue weighted by atomic mass is 10.3. The number of benzene rings is 1. The summed E-state index contributed by atoms with van der Waals surface area (Å²) in [5, 5.41) is 40.0. The first-order valence-corrected chi connectivity index (χ1v) is 10.6. The number of carbonyl (C=O) groups excluding carboxylic acids is 1. The lowest BCUT2D eigenvalue weighted by molar-refractivity contribution is -0.264. The maximum atomic E-state index is 11.8. The van der Waals surface area contributed by atoms with Gasteiger partial charge in [-0.1, -0.05) is 47.0 Å². The number of fused-ring (bicyclic) bond motifs is 2. The zero-order valence-electron chi connectivity index (χ0n) is 14.3. The molecule has 2 aliphatic heterocycles. The molecule has 0 saturated heterocycles. The minimum absolute atomic E-state index is 0.0708. The van der Waals surface area contributed by atoms with Crippen molar-refractivity contribution < 1.29 is 29.5 Å². The maximum absolute atomic E-state index is 11.8. The van der Waals surface area contributed by atoms with Crippen LogP contribution in [0.3, 0.4) is 0 Å². The zero-order valence-corrected chi connectivity index (χ0v) is 17.5. The predicted molar refractivity (Wildman–Crippen MR) is 103 cm³/mol. The van der Waals surface area contributed by atoms with Crippen LogP contribution in [-0.2, 0) is 19.3 Å². The average Bonchev–Trinajstić information content (AvgIpc) is 3.33. The number of thioether (sulfide) groups is 4. The van der Waals surface area contributed by atoms with Crippen LogP contribution >= 0.6 is 47.0 Å². The molecule has 1 aromatic rings. The highest BCUT2D eigenvalue weighted by molar-refractivity contribution is 8.26. The molecule has 8 nitrogen and oxygen atoms in total. The van der Waals surface area contributed by atoms with E-state index in [4.69, 9.17) is 4.89 Å². The van der Waals surface area contributed by atoms with Gasteiger partial charge in [0.2, 0.25) is 0 Å². The molecule has 0 amide bonds. The molecule has 28 heavy (non-hydrogen) atoms. The number of nitriles is 2. The van der Waals surface area contributed by atoms with E-state index in [1.54, 1.807) is 6.07 Å². The number of phenolic OH excluding ortho intramolecular Hbond substituents is 2. The molecule has 0 atom stereocenters. The molecule has 0 unspecified atom stereocenters. The van der Waals surface area contributed by atoms with Crippen molar-refractivity contribution in [3.8, 4) is 23.6 Å². The number of methoxy groups -OCH3 is 1. The van der Waals surface area contributed by atoms with Crippen LogP contribution in [0.1, 0.15) is 0 Å². The van der Waals surface area contributed by atoms with Gasteiger partial charge in [-0.2, -0.15) is 10.5 Å². The fourth-order valence-corrected chi connectivity index (χ4v) is 7.36. The number of nitrogens with zero attached hydrogens (tertiary/aromatic N) is 2. The smallest absolute Gasteiger partial charge is 0.350 e. The van der Waals surface area contributed by atoms with Crippen molar-refractivity contribution in [1.29, 1.82) is 10.5 Å². The first-order chi connectivity index (χ1) is 13.5. The topological polar surface area (TPSA) is 133 Å². The van der Waals surface area contributed by atoms with Gasteiger partial charge in [-0.3, -0.25) is 0 Å². The van der Waals surface area contributed by atoms with Crippen LogP contribution in [0.2, 0.25) is 0 Å². The summed E-state index contributed by atoms with van der Waals surface area (Å²) >= 11 is 4.28. The molecule has 0 aromatic heterocycles. The van der Waals surface area contributed by atoms with Crippen LogP contribution in [0.4, 0.5) is 0 Å². The third kappa shape index (κ3) is 3.55. The Morgan fingerprint density at radius 3 is 1.82 bits per heavy atom. The number of ether oxygens (including phenoxy) is 1. The van der Waals surface area contributed by atoms with Crippen molar-refractivity contribution in [1.82, 2.24) is 0 Å². The maximum Gasteiger partial charge on any atom is 0.350 e. The van der Waals surface area contributed by atoms with Gasteiger partial charge in [-0.15, -0.1) is 0 Å². The molecule has 2 aliphatic rings. The van der Waals surface area contributed by atoms with Crippen LogP contribution in [0.25, 0.3) is 0 Å². The zero-order chi connectivity index (χ0) is 20.4. The minimum atomic E-state index is -0.789. The van der Waals surface area contributed by atoms with Crippen molar-refractivity contribution in [2.24, 2.45) is 0 Å². The summed E-state index contributed by atoms with van der Waals surface area (Å²) in [4.78, 5) is 22.6. The summed E-state index contributed by atoms with van der Waals surface area (Å²) in [5.41, 5.74) is 0.0994. The van der Waals surface area contributed by atoms with Crippen LogP contribution in [0.15, 0.2) is 39.2 Å². The third-order valence-electron chi connectivity index (χ3n) is 3.46. The molecule has 2 N–H and O–H groups in total. The second kappa shape index (κ2) is 8.61. The summed E-state index contributed by atoms with van der Waals surface area (Å²) in [7, 11) is 2.50. The third-order valence-corrected chi connectivity index (χ3v) is 8.77. The summed E-state index contributed by atoms with van der Waals surface area (Å²) < 4.78 is 5.47. The standard InChI is InChI=1S/C16H10N2O6S4/c1-22-14(21)7(4-18)16-27-12-8(19)10-11(9(20)13(12)28-16)26-15(25-10)6(3-17)5-24-23-2/h19-20H,5H2,1-2H3. The number of hydrogen-bond donors (Lipinski definition) is 2. The van der Waals surface area contributed by atoms with E-state index in [2.05, 4.69) is 9.62 Å². The van der Waals surface area contributed by atoms with E-state index < -0.39 is 5.97 Å². The van der Waals surface area contributed by atoms with E-state index in [0.717, 1.165) is 47.0 Å². The normalized spacial score (nSPS) is 14.1. The molecule has 0 spiro atoms. The molecule has 0 fully saturated rings. The lowest BCUT2D eigenvalue weighted by Gasteiger charge is -2.08. The first-order valence-electron chi connectivity index (χ1n) is 7.31. The molecular weight excluding hydrogens is 444 g/mol. The Hall–Kier alpha value is -1.93. The number of rotatable bonds is 4. The highest BCUT2D eigenvalue weighted by atomic mass is 32.2. The van der Waals surface area contributed by atoms with Crippen LogP contribution in [-0.4, -0.2) is 37.0 Å². The SMILES string of the molecule is COOCC(C#N)=C1Sc2c(O)c3c(c(O)c2S1)SC(=C(C#N)C(=O)OC)S3. The summed E-state index contributed by atoms with van der Waals surface area (Å²) in [6.07, 6.45) is 0. The van der Waals surface area contributed by atoms with Crippen molar-refractivity contribution >= 4 is 53.0 Å². The van der Waals surface area contributed by atoms with E-state index in [1.807, 2.05) is 6.07 Å². The van der Waals surface area contributed by atoms with E-state index in [-0.39, 0.29) is 23.7 Å². The van der Waals surface area contributed by atoms with Gasteiger partial charge < -0.3 is 14.9 Å². The quantitative estimate of drug-likeness (QED) is 0.171. The Kier molecular flexibility index (Phi) is 6.40. The Bertz CT molecular complexity index is 977. The molecule has 2 heterocycles. The van der Waals surface area contributed by atoms with Crippen LogP contribution in [0.5, 0.6) is 11.5 Å². The van der Waals surface area contributed by atoms with Gasteiger partial charge in [0, 0.05) is 0 Å². The molecule has 144 valence electrons. The molecule has 1 aromatic carbocycles. The number of phenols is 2. The molecule has 3 rings (SSSR count). The molecular formula is C16H10N2O6S4. The molecule has 0 saturated carbocycles.